The molecule has 1 heterocycles. The van der Waals surface area contributed by atoms with Crippen molar-refractivity contribution < 1.29 is 4.79 Å². The first-order valence-electron chi connectivity index (χ1n) is 6.20. The monoisotopic (exact) mass is 271 g/mol. The second-order valence-electron chi connectivity index (χ2n) is 4.55. The summed E-state index contributed by atoms with van der Waals surface area (Å²) in [6.07, 6.45) is 0. The van der Waals surface area contributed by atoms with Gasteiger partial charge in [0.05, 0.1) is 0 Å². The van der Waals surface area contributed by atoms with E-state index in [4.69, 9.17) is 0 Å². The zero-order valence-corrected chi connectivity index (χ0v) is 11.7. The lowest BCUT2D eigenvalue weighted by Crippen LogP contribution is -2.09. The molecule has 0 unspecified atom stereocenters. The fourth-order valence-electron chi connectivity index (χ4n) is 1.64. The molecule has 1 aromatic heterocycles. The Labute approximate surface area is 117 Å². The summed E-state index contributed by atoms with van der Waals surface area (Å²) < 4.78 is 0. The fourth-order valence-corrected chi connectivity index (χ4v) is 1.64. The van der Waals surface area contributed by atoms with Crippen LogP contribution in [0.3, 0.4) is 0 Å². The normalized spacial score (nSPS) is 9.95. The van der Waals surface area contributed by atoms with Gasteiger partial charge in [0.1, 0.15) is 0 Å². The maximum atomic E-state index is 10.9. The van der Waals surface area contributed by atoms with Crippen LogP contribution in [0.1, 0.15) is 6.92 Å². The second-order valence-corrected chi connectivity index (χ2v) is 4.55. The molecule has 0 aliphatic heterocycles. The first-order chi connectivity index (χ1) is 9.54. The highest BCUT2D eigenvalue weighted by molar-refractivity contribution is 5.87. The Hall–Kier alpha value is -2.63. The van der Waals surface area contributed by atoms with Crippen LogP contribution < -0.4 is 15.5 Å². The SMILES string of the molecule is CC(=O)Nc1ccc(Nc2ccc(N(C)C)cc2)nn1. The zero-order chi connectivity index (χ0) is 14.5. The van der Waals surface area contributed by atoms with Crippen molar-refractivity contribution in [3.8, 4) is 0 Å². The average molecular weight is 271 g/mol. The lowest BCUT2D eigenvalue weighted by molar-refractivity contribution is -0.114. The molecule has 0 atom stereocenters. The summed E-state index contributed by atoms with van der Waals surface area (Å²) in [5.41, 5.74) is 2.06. The van der Waals surface area contributed by atoms with Gasteiger partial charge < -0.3 is 15.5 Å². The van der Waals surface area contributed by atoms with Gasteiger partial charge in [-0.2, -0.15) is 0 Å². The van der Waals surface area contributed by atoms with Gasteiger partial charge in [0.25, 0.3) is 0 Å². The molecule has 0 saturated carbocycles. The lowest BCUT2D eigenvalue weighted by Gasteiger charge is -2.13. The molecule has 6 heteroatoms. The highest BCUT2D eigenvalue weighted by atomic mass is 16.1. The van der Waals surface area contributed by atoms with Crippen molar-refractivity contribution in [3.05, 3.63) is 36.4 Å². The minimum absolute atomic E-state index is 0.167. The first-order valence-corrected chi connectivity index (χ1v) is 6.20. The van der Waals surface area contributed by atoms with Gasteiger partial charge in [-0.1, -0.05) is 0 Å². The number of carbonyl (C=O) groups is 1. The van der Waals surface area contributed by atoms with Gasteiger partial charge in [0.15, 0.2) is 11.6 Å². The van der Waals surface area contributed by atoms with Crippen LogP contribution in [0.4, 0.5) is 23.0 Å². The van der Waals surface area contributed by atoms with Gasteiger partial charge in [0.2, 0.25) is 5.91 Å². The predicted molar refractivity (Wildman–Crippen MR) is 80.4 cm³/mol. The van der Waals surface area contributed by atoms with Crippen molar-refractivity contribution >= 4 is 28.9 Å². The Morgan fingerprint density at radius 1 is 1.00 bits per heavy atom. The van der Waals surface area contributed by atoms with E-state index in [1.165, 1.54) is 6.92 Å². The lowest BCUT2D eigenvalue weighted by atomic mass is 10.2. The first kappa shape index (κ1) is 13.8. The van der Waals surface area contributed by atoms with Gasteiger partial charge in [-0.25, -0.2) is 0 Å². The summed E-state index contributed by atoms with van der Waals surface area (Å²) in [4.78, 5) is 12.9. The van der Waals surface area contributed by atoms with E-state index in [1.807, 2.05) is 43.3 Å². The van der Waals surface area contributed by atoms with Gasteiger partial charge >= 0.3 is 0 Å². The number of rotatable bonds is 4. The van der Waals surface area contributed by atoms with Crippen molar-refractivity contribution in [2.24, 2.45) is 0 Å². The summed E-state index contributed by atoms with van der Waals surface area (Å²) in [5.74, 6) is 0.891. The quantitative estimate of drug-likeness (QED) is 0.892. The van der Waals surface area contributed by atoms with Crippen molar-refractivity contribution in [3.63, 3.8) is 0 Å². The number of amides is 1. The number of aromatic nitrogens is 2. The van der Waals surface area contributed by atoms with Gasteiger partial charge in [0, 0.05) is 32.4 Å². The Morgan fingerprint density at radius 3 is 2.10 bits per heavy atom. The molecule has 104 valence electrons. The van der Waals surface area contributed by atoms with E-state index >= 15 is 0 Å². The Bertz CT molecular complexity index is 578. The Kier molecular flexibility index (Phi) is 4.14. The highest BCUT2D eigenvalue weighted by Crippen LogP contribution is 2.19. The number of hydrogen-bond acceptors (Lipinski definition) is 5. The summed E-state index contributed by atoms with van der Waals surface area (Å²) in [6, 6.07) is 11.4. The van der Waals surface area contributed by atoms with Crippen LogP contribution in [0.5, 0.6) is 0 Å². The summed E-state index contributed by atoms with van der Waals surface area (Å²) in [5, 5.41) is 13.6. The van der Waals surface area contributed by atoms with Gasteiger partial charge in [-0.05, 0) is 36.4 Å². The molecular weight excluding hydrogens is 254 g/mol. The third-order valence-electron chi connectivity index (χ3n) is 2.62. The minimum atomic E-state index is -0.167. The number of benzene rings is 1. The number of nitrogens with zero attached hydrogens (tertiary/aromatic N) is 3. The molecule has 0 fully saturated rings. The second kappa shape index (κ2) is 6.01. The summed E-state index contributed by atoms with van der Waals surface area (Å²) >= 11 is 0. The highest BCUT2D eigenvalue weighted by Gasteiger charge is 2.01. The fraction of sp³-hybridized carbons (Fsp3) is 0.214. The molecule has 0 aliphatic rings. The number of nitrogens with one attached hydrogen (secondary N) is 2. The standard InChI is InChI=1S/C14H17N5O/c1-10(20)15-13-8-9-14(18-17-13)16-11-4-6-12(7-5-11)19(2)3/h4-9H,1-3H3,(H,16,18)(H,15,17,20). The summed E-state index contributed by atoms with van der Waals surface area (Å²) in [7, 11) is 3.99. The molecule has 20 heavy (non-hydrogen) atoms. The molecule has 0 aliphatic carbocycles. The third-order valence-corrected chi connectivity index (χ3v) is 2.62. The summed E-state index contributed by atoms with van der Waals surface area (Å²) in [6.45, 7) is 1.43. The molecule has 1 amide bonds. The van der Waals surface area contributed by atoms with Gasteiger partial charge in [-0.15, -0.1) is 10.2 Å². The molecule has 0 bridgehead atoms. The van der Waals surface area contributed by atoms with E-state index in [9.17, 15) is 4.79 Å². The molecule has 2 rings (SSSR count). The molecule has 0 saturated heterocycles. The van der Waals surface area contributed by atoms with E-state index in [1.54, 1.807) is 12.1 Å². The van der Waals surface area contributed by atoms with Crippen LogP contribution in [0.2, 0.25) is 0 Å². The van der Waals surface area contributed by atoms with E-state index in [-0.39, 0.29) is 5.91 Å². The third kappa shape index (κ3) is 3.68. The van der Waals surface area contributed by atoms with E-state index in [2.05, 4.69) is 20.8 Å². The van der Waals surface area contributed by atoms with Crippen molar-refractivity contribution in [2.45, 2.75) is 6.92 Å². The maximum Gasteiger partial charge on any atom is 0.222 e. The molecule has 2 N–H and O–H groups in total. The van der Waals surface area contributed by atoms with Gasteiger partial charge in [-0.3, -0.25) is 4.79 Å². The predicted octanol–water partition coefficient (Wildman–Crippen LogP) is 2.24. The van der Waals surface area contributed by atoms with Crippen LogP contribution in [0.15, 0.2) is 36.4 Å². The molecule has 1 aromatic carbocycles. The van der Waals surface area contributed by atoms with Crippen LogP contribution in [0, 0.1) is 0 Å². The molecule has 0 spiro atoms. The Morgan fingerprint density at radius 2 is 1.60 bits per heavy atom. The molecule has 6 nitrogen and oxygen atoms in total. The Balaban J connectivity index is 2.04. The van der Waals surface area contributed by atoms with Crippen LogP contribution >= 0.6 is 0 Å². The van der Waals surface area contributed by atoms with Crippen molar-refractivity contribution in [1.82, 2.24) is 10.2 Å². The van der Waals surface area contributed by atoms with E-state index in [0.29, 0.717) is 11.6 Å². The minimum Gasteiger partial charge on any atom is -0.378 e. The number of hydrogen-bond donors (Lipinski definition) is 2. The van der Waals surface area contributed by atoms with E-state index < -0.39 is 0 Å². The van der Waals surface area contributed by atoms with Crippen LogP contribution in [-0.2, 0) is 4.79 Å². The van der Waals surface area contributed by atoms with Crippen LogP contribution in [0.25, 0.3) is 0 Å². The number of anilines is 4. The smallest absolute Gasteiger partial charge is 0.222 e. The topological polar surface area (TPSA) is 70.2 Å². The maximum absolute atomic E-state index is 10.9. The van der Waals surface area contributed by atoms with Crippen molar-refractivity contribution in [2.75, 3.05) is 29.6 Å². The molecule has 0 radical (unpaired) electrons. The van der Waals surface area contributed by atoms with Crippen molar-refractivity contribution in [1.29, 1.82) is 0 Å². The largest absolute Gasteiger partial charge is 0.378 e. The van der Waals surface area contributed by atoms with Crippen LogP contribution in [-0.4, -0.2) is 30.2 Å². The molecule has 2 aromatic rings. The average Bonchev–Trinajstić information content (AvgIpc) is 2.41. The zero-order valence-electron chi connectivity index (χ0n) is 11.7. The van der Waals surface area contributed by atoms with E-state index in [0.717, 1.165) is 11.4 Å². The molecular formula is C14H17N5O. The number of carbonyl (C=O) groups excluding carboxylic acids is 1.